The Labute approximate surface area is 238 Å². The van der Waals surface area contributed by atoms with Crippen LogP contribution in [0.3, 0.4) is 0 Å². The lowest BCUT2D eigenvalue weighted by atomic mass is 10.0. The van der Waals surface area contributed by atoms with E-state index >= 15 is 0 Å². The zero-order valence-corrected chi connectivity index (χ0v) is 25.5. The quantitative estimate of drug-likeness (QED) is 0.0721. The Balaban J connectivity index is 1.91. The van der Waals surface area contributed by atoms with Crippen molar-refractivity contribution in [1.29, 1.82) is 0 Å². The molecule has 0 radical (unpaired) electrons. The number of thiocarbonyl (C=S) groups is 1. The lowest BCUT2D eigenvalue weighted by Gasteiger charge is -2.12. The SMILES string of the molecule is CC(C)CCCCCCCCCCCCCCCCCCC(=S)Nc1ccccc1SCCCC(=O)O. The molecule has 0 unspecified atom stereocenters. The van der Waals surface area contributed by atoms with Crippen LogP contribution >= 0.6 is 24.0 Å². The highest BCUT2D eigenvalue weighted by Gasteiger charge is 2.06. The van der Waals surface area contributed by atoms with E-state index in [4.69, 9.17) is 17.3 Å². The van der Waals surface area contributed by atoms with Gasteiger partial charge in [0, 0.05) is 11.3 Å². The van der Waals surface area contributed by atoms with E-state index in [1.807, 2.05) is 12.1 Å². The van der Waals surface area contributed by atoms with Crippen molar-refractivity contribution in [3.05, 3.63) is 24.3 Å². The van der Waals surface area contributed by atoms with Gasteiger partial charge in [-0.1, -0.05) is 141 Å². The maximum Gasteiger partial charge on any atom is 0.303 e. The van der Waals surface area contributed by atoms with Crippen molar-refractivity contribution >= 4 is 40.6 Å². The van der Waals surface area contributed by atoms with E-state index in [-0.39, 0.29) is 6.42 Å². The topological polar surface area (TPSA) is 49.3 Å². The second-order valence-electron chi connectivity index (χ2n) is 11.0. The maximum absolute atomic E-state index is 10.7. The summed E-state index contributed by atoms with van der Waals surface area (Å²) in [6.07, 6.45) is 25.4. The molecule has 212 valence electrons. The Hall–Kier alpha value is -1.07. The molecule has 1 rings (SSSR count). The van der Waals surface area contributed by atoms with Gasteiger partial charge >= 0.3 is 5.97 Å². The number of thioether (sulfide) groups is 1. The number of para-hydroxylation sites is 1. The molecule has 0 amide bonds. The van der Waals surface area contributed by atoms with Crippen LogP contribution < -0.4 is 5.32 Å². The number of carboxylic acid groups (broad SMARTS) is 1. The van der Waals surface area contributed by atoms with Crippen LogP contribution in [0.15, 0.2) is 29.2 Å². The van der Waals surface area contributed by atoms with Gasteiger partial charge in [0.05, 0.1) is 10.7 Å². The highest BCUT2D eigenvalue weighted by Crippen LogP contribution is 2.28. The number of carboxylic acids is 1. The van der Waals surface area contributed by atoms with Gasteiger partial charge in [-0.25, -0.2) is 0 Å². The lowest BCUT2D eigenvalue weighted by molar-refractivity contribution is -0.137. The minimum atomic E-state index is -0.729. The molecule has 0 aliphatic heterocycles. The first-order valence-corrected chi connectivity index (χ1v) is 16.6. The van der Waals surface area contributed by atoms with Crippen LogP contribution in [-0.4, -0.2) is 21.8 Å². The standard InChI is InChI=1S/C32H55NO2S2/c1-28(2)22-17-15-13-11-9-7-5-3-4-6-8-10-12-14-16-18-25-31(36)33-29-23-19-20-24-30(29)37-27-21-26-32(34)35/h19-20,23-24,28H,3-18,21-22,25-27H2,1-2H3,(H,33,36)(H,34,35). The lowest BCUT2D eigenvalue weighted by Crippen LogP contribution is -2.09. The van der Waals surface area contributed by atoms with Crippen molar-refractivity contribution in [2.45, 2.75) is 147 Å². The van der Waals surface area contributed by atoms with Gasteiger partial charge in [0.2, 0.25) is 0 Å². The third-order valence-electron chi connectivity index (χ3n) is 6.89. The van der Waals surface area contributed by atoms with Gasteiger partial charge in [0.15, 0.2) is 0 Å². The smallest absolute Gasteiger partial charge is 0.303 e. The molecule has 5 heteroatoms. The molecule has 0 fully saturated rings. The number of aliphatic carboxylic acids is 1. The average Bonchev–Trinajstić information content (AvgIpc) is 2.86. The number of hydrogen-bond donors (Lipinski definition) is 2. The summed E-state index contributed by atoms with van der Waals surface area (Å²) in [7, 11) is 0. The summed E-state index contributed by atoms with van der Waals surface area (Å²) in [4.78, 5) is 12.7. The van der Waals surface area contributed by atoms with Gasteiger partial charge in [-0.2, -0.15) is 0 Å². The second-order valence-corrected chi connectivity index (χ2v) is 12.6. The van der Waals surface area contributed by atoms with Gasteiger partial charge in [-0.15, -0.1) is 11.8 Å². The van der Waals surface area contributed by atoms with Gasteiger partial charge in [0.25, 0.3) is 0 Å². The summed E-state index contributed by atoms with van der Waals surface area (Å²) in [5.41, 5.74) is 1.05. The summed E-state index contributed by atoms with van der Waals surface area (Å²) >= 11 is 7.28. The molecule has 0 saturated carbocycles. The van der Waals surface area contributed by atoms with Crippen LogP contribution in [0.2, 0.25) is 0 Å². The molecule has 0 aliphatic rings. The number of benzene rings is 1. The van der Waals surface area contributed by atoms with Crippen molar-refractivity contribution in [2.24, 2.45) is 5.92 Å². The number of nitrogens with one attached hydrogen (secondary N) is 1. The predicted octanol–water partition coefficient (Wildman–Crippen LogP) is 11.1. The van der Waals surface area contributed by atoms with Crippen LogP contribution in [0.1, 0.15) is 142 Å². The number of anilines is 1. The van der Waals surface area contributed by atoms with E-state index < -0.39 is 5.97 Å². The van der Waals surface area contributed by atoms with Crippen LogP contribution in [0, 0.1) is 5.92 Å². The van der Waals surface area contributed by atoms with E-state index in [1.165, 1.54) is 103 Å². The van der Waals surface area contributed by atoms with E-state index in [2.05, 4.69) is 31.3 Å². The monoisotopic (exact) mass is 549 g/mol. The predicted molar refractivity (Wildman–Crippen MR) is 168 cm³/mol. The molecule has 0 spiro atoms. The Morgan fingerprint density at radius 2 is 1.24 bits per heavy atom. The minimum absolute atomic E-state index is 0.222. The number of unbranched alkanes of at least 4 members (excludes halogenated alkanes) is 15. The van der Waals surface area contributed by atoms with Crippen molar-refractivity contribution in [3.8, 4) is 0 Å². The Morgan fingerprint density at radius 1 is 0.757 bits per heavy atom. The maximum atomic E-state index is 10.7. The fourth-order valence-corrected chi connectivity index (χ4v) is 5.84. The molecule has 37 heavy (non-hydrogen) atoms. The first-order chi connectivity index (χ1) is 18.0. The van der Waals surface area contributed by atoms with Gasteiger partial charge < -0.3 is 10.4 Å². The highest BCUT2D eigenvalue weighted by molar-refractivity contribution is 7.99. The fourth-order valence-electron chi connectivity index (χ4n) is 4.63. The van der Waals surface area contributed by atoms with Crippen molar-refractivity contribution in [2.75, 3.05) is 11.1 Å². The van der Waals surface area contributed by atoms with Crippen molar-refractivity contribution < 1.29 is 9.90 Å². The molecule has 1 aromatic carbocycles. The number of hydrogen-bond acceptors (Lipinski definition) is 3. The molecule has 1 aromatic rings. The van der Waals surface area contributed by atoms with E-state index in [0.717, 1.165) is 40.1 Å². The Morgan fingerprint density at radius 3 is 1.76 bits per heavy atom. The summed E-state index contributed by atoms with van der Waals surface area (Å²) in [6.45, 7) is 4.66. The van der Waals surface area contributed by atoms with Gasteiger partial charge in [-0.05, 0) is 43.1 Å². The number of carbonyl (C=O) groups is 1. The molecule has 0 bridgehead atoms. The summed E-state index contributed by atoms with van der Waals surface area (Å²) in [6, 6.07) is 8.17. The van der Waals surface area contributed by atoms with Crippen LogP contribution in [0.5, 0.6) is 0 Å². The molecule has 0 atom stereocenters. The number of rotatable bonds is 25. The summed E-state index contributed by atoms with van der Waals surface area (Å²) in [5, 5.41) is 12.2. The van der Waals surface area contributed by atoms with Crippen LogP contribution in [0.25, 0.3) is 0 Å². The Bertz CT molecular complexity index is 708. The minimum Gasteiger partial charge on any atom is -0.481 e. The molecular weight excluding hydrogens is 494 g/mol. The highest BCUT2D eigenvalue weighted by atomic mass is 32.2. The largest absolute Gasteiger partial charge is 0.481 e. The molecule has 0 aliphatic carbocycles. The molecule has 0 saturated heterocycles. The fraction of sp³-hybridized carbons (Fsp3) is 0.750. The van der Waals surface area contributed by atoms with Gasteiger partial charge in [0.1, 0.15) is 0 Å². The van der Waals surface area contributed by atoms with Crippen LogP contribution in [-0.2, 0) is 4.79 Å². The zero-order chi connectivity index (χ0) is 27.0. The first kappa shape index (κ1) is 34.0. The van der Waals surface area contributed by atoms with E-state index in [0.29, 0.717) is 6.42 Å². The third kappa shape index (κ3) is 21.5. The molecule has 0 heterocycles. The van der Waals surface area contributed by atoms with E-state index in [1.54, 1.807) is 11.8 Å². The Kier molecular flexibility index (Phi) is 22.0. The summed E-state index contributed by atoms with van der Waals surface area (Å²) in [5.74, 6) is 0.945. The van der Waals surface area contributed by atoms with Crippen molar-refractivity contribution in [1.82, 2.24) is 0 Å². The van der Waals surface area contributed by atoms with E-state index in [9.17, 15) is 4.79 Å². The second kappa shape index (κ2) is 24.0. The first-order valence-electron chi connectivity index (χ1n) is 15.2. The average molecular weight is 550 g/mol. The zero-order valence-electron chi connectivity index (χ0n) is 23.9. The van der Waals surface area contributed by atoms with Crippen molar-refractivity contribution in [3.63, 3.8) is 0 Å². The third-order valence-corrected chi connectivity index (χ3v) is 8.35. The molecule has 3 nitrogen and oxygen atoms in total. The summed E-state index contributed by atoms with van der Waals surface area (Å²) < 4.78 is 0. The normalized spacial score (nSPS) is 11.2. The molecule has 0 aromatic heterocycles. The molecular formula is C32H55NO2S2. The van der Waals surface area contributed by atoms with Gasteiger partial charge in [-0.3, -0.25) is 4.79 Å². The molecule has 2 N–H and O–H groups in total. The van der Waals surface area contributed by atoms with Crippen LogP contribution in [0.4, 0.5) is 5.69 Å².